The predicted octanol–water partition coefficient (Wildman–Crippen LogP) is 2.24. The monoisotopic (exact) mass is 398 g/mol. The zero-order valence-electron chi connectivity index (χ0n) is 17.3. The lowest BCUT2D eigenvalue weighted by molar-refractivity contribution is -0.141. The quantitative estimate of drug-likeness (QED) is 0.792. The van der Waals surface area contributed by atoms with Crippen LogP contribution in [0.4, 0.5) is 0 Å². The van der Waals surface area contributed by atoms with E-state index in [0.29, 0.717) is 63.8 Å². The summed E-state index contributed by atoms with van der Waals surface area (Å²) in [4.78, 5) is 34.4. The molecule has 2 aromatic heterocycles. The molecule has 29 heavy (non-hydrogen) atoms. The van der Waals surface area contributed by atoms with Crippen LogP contribution >= 0.6 is 0 Å². The first kappa shape index (κ1) is 19.9. The summed E-state index contributed by atoms with van der Waals surface area (Å²) in [6.07, 6.45) is 4.23. The van der Waals surface area contributed by atoms with E-state index in [1.807, 2.05) is 38.6 Å². The second-order valence-corrected chi connectivity index (χ2v) is 8.43. The number of carbonyl (C=O) groups is 2. The average molecular weight is 399 g/mol. The Morgan fingerprint density at radius 2 is 1.83 bits per heavy atom. The third kappa shape index (κ3) is 4.15. The van der Waals surface area contributed by atoms with Crippen LogP contribution in [-0.4, -0.2) is 70.4 Å². The number of imidazole rings is 1. The van der Waals surface area contributed by atoms with Crippen molar-refractivity contribution < 1.29 is 14.3 Å². The lowest BCUT2D eigenvalue weighted by atomic mass is 9.95. The molecule has 2 aliphatic heterocycles. The molecule has 4 heterocycles. The van der Waals surface area contributed by atoms with Gasteiger partial charge in [-0.25, -0.2) is 4.98 Å². The molecule has 0 radical (unpaired) electrons. The van der Waals surface area contributed by atoms with Crippen molar-refractivity contribution in [3.8, 4) is 0 Å². The van der Waals surface area contributed by atoms with Crippen LogP contribution in [0.2, 0.25) is 0 Å². The van der Waals surface area contributed by atoms with E-state index in [9.17, 15) is 9.59 Å². The van der Waals surface area contributed by atoms with Gasteiger partial charge in [-0.1, -0.05) is 19.9 Å². The summed E-state index contributed by atoms with van der Waals surface area (Å²) in [5.41, 5.74) is 1.39. The van der Waals surface area contributed by atoms with Crippen molar-refractivity contribution in [2.24, 2.45) is 11.8 Å². The van der Waals surface area contributed by atoms with E-state index in [2.05, 4.69) is 13.8 Å². The van der Waals surface area contributed by atoms with Crippen molar-refractivity contribution in [1.82, 2.24) is 19.2 Å². The standard InChI is InChI=1S/C22H30N4O3/c1-16(2)15-19-23-20(18-5-3-4-8-26(18)19)22(28)24-9-6-17(7-10-24)21(27)25-11-13-29-14-12-25/h3-5,8,16-17H,6-7,9-15H2,1-2H3. The van der Waals surface area contributed by atoms with Gasteiger partial charge in [-0.3, -0.25) is 9.59 Å². The molecule has 7 heteroatoms. The molecule has 2 aromatic rings. The molecule has 2 fully saturated rings. The summed E-state index contributed by atoms with van der Waals surface area (Å²) in [6.45, 7) is 8.11. The number of aromatic nitrogens is 2. The first-order valence-corrected chi connectivity index (χ1v) is 10.7. The van der Waals surface area contributed by atoms with Gasteiger partial charge in [0.1, 0.15) is 5.82 Å². The summed E-state index contributed by atoms with van der Waals surface area (Å²) in [7, 11) is 0. The number of carbonyl (C=O) groups excluding carboxylic acids is 2. The fraction of sp³-hybridized carbons (Fsp3) is 0.591. The molecule has 7 nitrogen and oxygen atoms in total. The number of amides is 2. The van der Waals surface area contributed by atoms with Crippen LogP contribution in [0, 0.1) is 11.8 Å². The van der Waals surface area contributed by atoms with Gasteiger partial charge in [0, 0.05) is 44.7 Å². The normalized spacial score (nSPS) is 18.6. The van der Waals surface area contributed by atoms with Gasteiger partial charge in [-0.05, 0) is 30.9 Å². The lowest BCUT2D eigenvalue weighted by Crippen LogP contribution is -2.47. The Bertz CT molecular complexity index is 877. The Labute approximate surface area is 171 Å². The number of fused-ring (bicyclic) bond motifs is 1. The topological polar surface area (TPSA) is 67.2 Å². The summed E-state index contributed by atoms with van der Waals surface area (Å²) in [6, 6.07) is 5.87. The van der Waals surface area contributed by atoms with Crippen molar-refractivity contribution in [2.75, 3.05) is 39.4 Å². The average Bonchev–Trinajstić information content (AvgIpc) is 3.11. The lowest BCUT2D eigenvalue weighted by Gasteiger charge is -2.35. The molecule has 0 aromatic carbocycles. The molecule has 156 valence electrons. The molecule has 4 rings (SSSR count). The van der Waals surface area contributed by atoms with Crippen molar-refractivity contribution >= 4 is 17.3 Å². The first-order chi connectivity index (χ1) is 14.0. The third-order valence-electron chi connectivity index (χ3n) is 5.87. The van der Waals surface area contributed by atoms with Crippen LogP contribution in [0.3, 0.4) is 0 Å². The molecule has 0 unspecified atom stereocenters. The molecule has 2 aliphatic rings. The van der Waals surface area contributed by atoms with Crippen molar-refractivity contribution in [3.05, 3.63) is 35.9 Å². The van der Waals surface area contributed by atoms with Crippen LogP contribution in [0.25, 0.3) is 5.52 Å². The molecule has 2 amide bonds. The Kier molecular flexibility index (Phi) is 5.85. The third-order valence-corrected chi connectivity index (χ3v) is 5.87. The number of ether oxygens (including phenoxy) is 1. The molecule has 0 aliphatic carbocycles. The molecule has 0 bridgehead atoms. The Balaban J connectivity index is 1.45. The fourth-order valence-corrected chi connectivity index (χ4v) is 4.29. The van der Waals surface area contributed by atoms with Gasteiger partial charge in [0.05, 0.1) is 18.7 Å². The highest BCUT2D eigenvalue weighted by molar-refractivity contribution is 5.99. The minimum absolute atomic E-state index is 0.00684. The number of pyridine rings is 1. The van der Waals surface area contributed by atoms with Crippen LogP contribution < -0.4 is 0 Å². The summed E-state index contributed by atoms with van der Waals surface area (Å²) in [5, 5.41) is 0. The number of hydrogen-bond acceptors (Lipinski definition) is 4. The highest BCUT2D eigenvalue weighted by Crippen LogP contribution is 2.24. The summed E-state index contributed by atoms with van der Waals surface area (Å²) < 4.78 is 7.37. The van der Waals surface area contributed by atoms with Crippen LogP contribution in [0.1, 0.15) is 43.0 Å². The number of morpholine rings is 1. The van der Waals surface area contributed by atoms with Gasteiger partial charge < -0.3 is 18.9 Å². The molecule has 0 N–H and O–H groups in total. The number of likely N-dealkylation sites (tertiary alicyclic amines) is 1. The van der Waals surface area contributed by atoms with Crippen LogP contribution in [-0.2, 0) is 16.0 Å². The Morgan fingerprint density at radius 1 is 1.10 bits per heavy atom. The minimum atomic E-state index is -0.0269. The van der Waals surface area contributed by atoms with Crippen LogP contribution in [0.5, 0.6) is 0 Å². The van der Waals surface area contributed by atoms with E-state index in [0.717, 1.165) is 17.8 Å². The smallest absolute Gasteiger partial charge is 0.274 e. The van der Waals surface area contributed by atoms with Gasteiger partial charge in [-0.15, -0.1) is 0 Å². The van der Waals surface area contributed by atoms with E-state index < -0.39 is 0 Å². The van der Waals surface area contributed by atoms with Gasteiger partial charge in [0.25, 0.3) is 5.91 Å². The molecular weight excluding hydrogens is 368 g/mol. The number of nitrogens with zero attached hydrogens (tertiary/aromatic N) is 4. The van der Waals surface area contributed by atoms with E-state index in [1.165, 1.54) is 0 Å². The van der Waals surface area contributed by atoms with Gasteiger partial charge in [-0.2, -0.15) is 0 Å². The van der Waals surface area contributed by atoms with Crippen LogP contribution in [0.15, 0.2) is 24.4 Å². The predicted molar refractivity (Wildman–Crippen MR) is 110 cm³/mol. The maximum atomic E-state index is 13.2. The second-order valence-electron chi connectivity index (χ2n) is 8.43. The highest BCUT2D eigenvalue weighted by Gasteiger charge is 2.32. The zero-order chi connectivity index (χ0) is 20.4. The SMILES string of the molecule is CC(C)Cc1nc(C(=O)N2CCC(C(=O)N3CCOCC3)CC2)c2ccccn12. The Hall–Kier alpha value is -2.41. The molecule has 0 saturated carbocycles. The molecule has 2 saturated heterocycles. The number of piperidine rings is 1. The first-order valence-electron chi connectivity index (χ1n) is 10.7. The number of rotatable bonds is 4. The number of hydrogen-bond donors (Lipinski definition) is 0. The van der Waals surface area contributed by atoms with E-state index in [4.69, 9.17) is 9.72 Å². The van der Waals surface area contributed by atoms with E-state index in [1.54, 1.807) is 0 Å². The van der Waals surface area contributed by atoms with Crippen molar-refractivity contribution in [2.45, 2.75) is 33.1 Å². The maximum absolute atomic E-state index is 13.2. The van der Waals surface area contributed by atoms with Gasteiger partial charge >= 0.3 is 0 Å². The molecule has 0 spiro atoms. The van der Waals surface area contributed by atoms with Gasteiger partial charge in [0.15, 0.2) is 5.69 Å². The Morgan fingerprint density at radius 3 is 2.52 bits per heavy atom. The largest absolute Gasteiger partial charge is 0.378 e. The van der Waals surface area contributed by atoms with E-state index in [-0.39, 0.29) is 17.7 Å². The maximum Gasteiger partial charge on any atom is 0.274 e. The molecule has 0 atom stereocenters. The minimum Gasteiger partial charge on any atom is -0.378 e. The van der Waals surface area contributed by atoms with Crippen molar-refractivity contribution in [3.63, 3.8) is 0 Å². The molecular formula is C22H30N4O3. The second kappa shape index (κ2) is 8.53. The summed E-state index contributed by atoms with van der Waals surface area (Å²) >= 11 is 0. The highest BCUT2D eigenvalue weighted by atomic mass is 16.5. The van der Waals surface area contributed by atoms with E-state index >= 15 is 0 Å². The zero-order valence-corrected chi connectivity index (χ0v) is 17.3. The van der Waals surface area contributed by atoms with Gasteiger partial charge in [0.2, 0.25) is 5.91 Å². The van der Waals surface area contributed by atoms with Crippen molar-refractivity contribution in [1.29, 1.82) is 0 Å². The summed E-state index contributed by atoms with van der Waals surface area (Å²) in [5.74, 6) is 1.59. The fourth-order valence-electron chi connectivity index (χ4n) is 4.29.